The Morgan fingerprint density at radius 1 is 0.885 bits per heavy atom. The molecule has 0 spiro atoms. The first-order chi connectivity index (χ1) is 12.4. The molecule has 0 aliphatic rings. The van der Waals surface area contributed by atoms with Gasteiger partial charge in [-0.3, -0.25) is 0 Å². The molecular weight excluding hydrogens is 389 g/mol. The predicted molar refractivity (Wildman–Crippen MR) is 106 cm³/mol. The minimum absolute atomic E-state index is 0.203. The fraction of sp³-hybridized carbons (Fsp3) is 0.100. The van der Waals surface area contributed by atoms with Crippen molar-refractivity contribution in [3.8, 4) is 0 Å². The molecule has 0 aromatic heterocycles. The second-order valence-corrected chi connectivity index (χ2v) is 8.50. The van der Waals surface area contributed by atoms with E-state index >= 15 is 0 Å². The third-order valence-electron chi connectivity index (χ3n) is 4.01. The van der Waals surface area contributed by atoms with E-state index in [1.807, 2.05) is 37.3 Å². The third kappa shape index (κ3) is 4.27. The van der Waals surface area contributed by atoms with E-state index in [4.69, 9.17) is 23.2 Å². The molecule has 0 amide bonds. The highest BCUT2D eigenvalue weighted by molar-refractivity contribution is 7.89. The van der Waals surface area contributed by atoms with E-state index in [2.05, 4.69) is 4.72 Å². The number of hydrogen-bond donors (Lipinski definition) is 1. The van der Waals surface area contributed by atoms with Gasteiger partial charge in [0, 0.05) is 10.0 Å². The van der Waals surface area contributed by atoms with Gasteiger partial charge in [0.2, 0.25) is 10.0 Å². The third-order valence-corrected chi connectivity index (χ3v) is 6.01. The van der Waals surface area contributed by atoms with Crippen LogP contribution in [0.4, 0.5) is 0 Å². The first-order valence-electron chi connectivity index (χ1n) is 7.96. The Labute approximate surface area is 163 Å². The summed E-state index contributed by atoms with van der Waals surface area (Å²) >= 11 is 12.3. The Balaban J connectivity index is 2.05. The fourth-order valence-corrected chi connectivity index (χ4v) is 4.35. The summed E-state index contributed by atoms with van der Waals surface area (Å²) in [5.74, 6) is 0. The molecule has 0 radical (unpaired) electrons. The average Bonchev–Trinajstić information content (AvgIpc) is 2.61. The van der Waals surface area contributed by atoms with E-state index in [-0.39, 0.29) is 4.90 Å². The topological polar surface area (TPSA) is 46.2 Å². The van der Waals surface area contributed by atoms with Crippen molar-refractivity contribution in [1.82, 2.24) is 4.72 Å². The van der Waals surface area contributed by atoms with Crippen molar-refractivity contribution in [2.75, 3.05) is 0 Å². The van der Waals surface area contributed by atoms with E-state index in [1.165, 1.54) is 0 Å². The summed E-state index contributed by atoms with van der Waals surface area (Å²) < 4.78 is 28.6. The number of sulfonamides is 1. The molecule has 3 aromatic carbocycles. The molecule has 0 fully saturated rings. The van der Waals surface area contributed by atoms with Crippen LogP contribution in [0.25, 0.3) is 0 Å². The van der Waals surface area contributed by atoms with Gasteiger partial charge in [-0.15, -0.1) is 0 Å². The number of rotatable bonds is 5. The van der Waals surface area contributed by atoms with Crippen LogP contribution in [0.5, 0.6) is 0 Å². The van der Waals surface area contributed by atoms with Crippen molar-refractivity contribution in [2.45, 2.75) is 17.9 Å². The maximum Gasteiger partial charge on any atom is 0.241 e. The summed E-state index contributed by atoms with van der Waals surface area (Å²) in [4.78, 5) is 0.203. The van der Waals surface area contributed by atoms with Crippen molar-refractivity contribution >= 4 is 33.2 Å². The van der Waals surface area contributed by atoms with Crippen molar-refractivity contribution in [3.63, 3.8) is 0 Å². The molecule has 3 nitrogen and oxygen atoms in total. The molecule has 0 aliphatic carbocycles. The maximum absolute atomic E-state index is 12.9. The molecule has 134 valence electrons. The zero-order valence-corrected chi connectivity index (χ0v) is 16.3. The summed E-state index contributed by atoms with van der Waals surface area (Å²) in [6, 6.07) is 20.4. The van der Waals surface area contributed by atoms with Crippen LogP contribution in [0, 0.1) is 6.92 Å². The van der Waals surface area contributed by atoms with Crippen LogP contribution < -0.4 is 4.72 Å². The van der Waals surface area contributed by atoms with Gasteiger partial charge >= 0.3 is 0 Å². The number of benzene rings is 3. The zero-order chi connectivity index (χ0) is 18.7. The normalized spacial score (nSPS) is 12.7. The number of aryl methyl sites for hydroxylation is 1. The van der Waals surface area contributed by atoms with Gasteiger partial charge < -0.3 is 0 Å². The van der Waals surface area contributed by atoms with E-state index in [0.717, 1.165) is 11.1 Å². The van der Waals surface area contributed by atoms with Gasteiger partial charge in [-0.25, -0.2) is 8.42 Å². The second kappa shape index (κ2) is 7.80. The molecule has 3 aromatic rings. The summed E-state index contributed by atoms with van der Waals surface area (Å²) in [5, 5.41) is 0.893. The highest BCUT2D eigenvalue weighted by atomic mass is 35.5. The van der Waals surface area contributed by atoms with Gasteiger partial charge in [-0.05, 0) is 42.3 Å². The first-order valence-corrected chi connectivity index (χ1v) is 10.2. The van der Waals surface area contributed by atoms with Gasteiger partial charge in [0.05, 0.1) is 10.9 Å². The number of nitrogens with one attached hydrogen (secondary N) is 1. The van der Waals surface area contributed by atoms with Crippen LogP contribution in [0.3, 0.4) is 0 Å². The van der Waals surface area contributed by atoms with Crippen molar-refractivity contribution in [2.24, 2.45) is 0 Å². The van der Waals surface area contributed by atoms with Gasteiger partial charge in [-0.2, -0.15) is 4.72 Å². The smallest absolute Gasteiger partial charge is 0.207 e. The molecule has 0 saturated heterocycles. The van der Waals surface area contributed by atoms with E-state index in [0.29, 0.717) is 15.6 Å². The standard InChI is InChI=1S/C20H17Cl2NO2S/c1-14-7-10-17(11-8-14)26(24,25)23-20(15-5-3-2-4-6-15)18-12-9-16(21)13-19(18)22/h2-13,20,23H,1H3/t20-/m0/s1. The highest BCUT2D eigenvalue weighted by Gasteiger charge is 2.24. The Hall–Kier alpha value is -1.85. The summed E-state index contributed by atoms with van der Waals surface area (Å²) in [7, 11) is -3.74. The van der Waals surface area contributed by atoms with Crippen molar-refractivity contribution in [3.05, 3.63) is 99.5 Å². The van der Waals surface area contributed by atoms with Crippen LogP contribution >= 0.6 is 23.2 Å². The van der Waals surface area contributed by atoms with Gasteiger partial charge in [-0.1, -0.05) is 77.3 Å². The average molecular weight is 406 g/mol. The Bertz CT molecular complexity index is 1000. The Kier molecular flexibility index (Phi) is 5.68. The molecular formula is C20H17Cl2NO2S. The lowest BCUT2D eigenvalue weighted by molar-refractivity contribution is 0.572. The van der Waals surface area contributed by atoms with E-state index in [9.17, 15) is 8.42 Å². The summed E-state index contributed by atoms with van der Waals surface area (Å²) in [6.45, 7) is 1.91. The lowest BCUT2D eigenvalue weighted by Gasteiger charge is -2.21. The Morgan fingerprint density at radius 2 is 1.54 bits per heavy atom. The SMILES string of the molecule is Cc1ccc(S(=O)(=O)N[C@@H](c2ccccc2)c2ccc(Cl)cc2Cl)cc1. The van der Waals surface area contributed by atoms with E-state index < -0.39 is 16.1 Å². The van der Waals surface area contributed by atoms with Crippen LogP contribution in [-0.4, -0.2) is 8.42 Å². The molecule has 26 heavy (non-hydrogen) atoms. The maximum atomic E-state index is 12.9. The molecule has 1 atom stereocenters. The molecule has 0 aliphatic heterocycles. The van der Waals surface area contributed by atoms with Crippen molar-refractivity contribution in [1.29, 1.82) is 0 Å². The molecule has 0 saturated carbocycles. The number of halogens is 2. The molecule has 1 N–H and O–H groups in total. The second-order valence-electron chi connectivity index (χ2n) is 5.94. The summed E-state index contributed by atoms with van der Waals surface area (Å²) in [5.41, 5.74) is 2.41. The van der Waals surface area contributed by atoms with E-state index in [1.54, 1.807) is 42.5 Å². The Morgan fingerprint density at radius 3 is 2.15 bits per heavy atom. The van der Waals surface area contributed by atoms with Crippen molar-refractivity contribution < 1.29 is 8.42 Å². The van der Waals surface area contributed by atoms with Crippen LogP contribution in [0.15, 0.2) is 77.7 Å². The van der Waals surface area contributed by atoms with Gasteiger partial charge in [0.25, 0.3) is 0 Å². The van der Waals surface area contributed by atoms with Gasteiger partial charge in [0.15, 0.2) is 0 Å². The largest absolute Gasteiger partial charge is 0.241 e. The molecule has 0 bridgehead atoms. The monoisotopic (exact) mass is 405 g/mol. The van der Waals surface area contributed by atoms with Crippen LogP contribution in [0.2, 0.25) is 10.0 Å². The quantitative estimate of drug-likeness (QED) is 0.619. The number of hydrogen-bond acceptors (Lipinski definition) is 2. The first kappa shape index (κ1) is 18.9. The predicted octanol–water partition coefficient (Wildman–Crippen LogP) is 5.37. The molecule has 6 heteroatoms. The molecule has 0 unspecified atom stereocenters. The minimum Gasteiger partial charge on any atom is -0.207 e. The van der Waals surface area contributed by atoms with Crippen LogP contribution in [-0.2, 0) is 10.0 Å². The lowest BCUT2D eigenvalue weighted by atomic mass is 10.00. The highest BCUT2D eigenvalue weighted by Crippen LogP contribution is 2.31. The lowest BCUT2D eigenvalue weighted by Crippen LogP contribution is -2.29. The minimum atomic E-state index is -3.74. The zero-order valence-electron chi connectivity index (χ0n) is 14.0. The summed E-state index contributed by atoms with van der Waals surface area (Å²) in [6.07, 6.45) is 0. The van der Waals surface area contributed by atoms with Crippen LogP contribution in [0.1, 0.15) is 22.7 Å². The van der Waals surface area contributed by atoms with Gasteiger partial charge in [0.1, 0.15) is 0 Å². The fourth-order valence-electron chi connectivity index (χ4n) is 2.63. The molecule has 3 rings (SSSR count). The molecule has 0 heterocycles.